The van der Waals surface area contributed by atoms with Crippen LogP contribution in [-0.2, 0) is 25.6 Å². The molecule has 9 nitrogen and oxygen atoms in total. The topological polar surface area (TPSA) is 140 Å². The first-order valence-electron chi connectivity index (χ1n) is 6.76. The van der Waals surface area contributed by atoms with E-state index in [-0.39, 0.29) is 39.1 Å². The van der Waals surface area contributed by atoms with E-state index in [4.69, 9.17) is 26.5 Å². The second kappa shape index (κ2) is 13.5. The Morgan fingerprint density at radius 2 is 0.909 bits per heavy atom. The van der Waals surface area contributed by atoms with Gasteiger partial charge in [0.05, 0.1) is 0 Å². The summed E-state index contributed by atoms with van der Waals surface area (Å²) in [7, 11) is 0. The van der Waals surface area contributed by atoms with Crippen molar-refractivity contribution in [2.45, 2.75) is 38.5 Å². The Kier molecular flexibility index (Phi) is 12.8. The number of carbonyl (C=O) groups is 3. The standard InChI is InChI=1S/C12H21AsO9/c14-10(15)4-1-7-20-13(21-8-2-5-11(16)17)22-9-3-6-12(18)19/h1-9H2,(H,14,15)(H,16,17)(H,18,19). The van der Waals surface area contributed by atoms with E-state index in [0.29, 0.717) is 19.3 Å². The van der Waals surface area contributed by atoms with E-state index in [9.17, 15) is 14.4 Å². The molecule has 0 aliphatic rings. The van der Waals surface area contributed by atoms with E-state index in [0.717, 1.165) is 0 Å². The van der Waals surface area contributed by atoms with Gasteiger partial charge in [0.25, 0.3) is 0 Å². The summed E-state index contributed by atoms with van der Waals surface area (Å²) in [6, 6.07) is 0. The fraction of sp³-hybridized carbons (Fsp3) is 0.750. The van der Waals surface area contributed by atoms with Gasteiger partial charge < -0.3 is 0 Å². The Morgan fingerprint density at radius 1 is 0.636 bits per heavy atom. The van der Waals surface area contributed by atoms with E-state index in [1.54, 1.807) is 0 Å². The van der Waals surface area contributed by atoms with Crippen molar-refractivity contribution < 1.29 is 40.9 Å². The maximum absolute atomic E-state index is 10.4. The summed E-state index contributed by atoms with van der Waals surface area (Å²) >= 11 is -2.57. The predicted molar refractivity (Wildman–Crippen MR) is 74.2 cm³/mol. The number of carboxylic acids is 3. The SMILES string of the molecule is O=C(O)CCCO[As](OCCCC(=O)O)OCCCC(=O)O. The Balaban J connectivity index is 3.93. The molecule has 0 aliphatic carbocycles. The Labute approximate surface area is 133 Å². The molecule has 0 unspecified atom stereocenters. The van der Waals surface area contributed by atoms with Crippen LogP contribution in [0.25, 0.3) is 0 Å². The van der Waals surface area contributed by atoms with Gasteiger partial charge in [-0.05, 0) is 0 Å². The van der Waals surface area contributed by atoms with Crippen molar-refractivity contribution in [1.82, 2.24) is 0 Å². The number of hydrogen-bond donors (Lipinski definition) is 3. The van der Waals surface area contributed by atoms with Gasteiger partial charge >= 0.3 is 133 Å². The van der Waals surface area contributed by atoms with Gasteiger partial charge in [-0.1, -0.05) is 0 Å². The second-order valence-corrected chi connectivity index (χ2v) is 6.78. The van der Waals surface area contributed by atoms with Crippen LogP contribution in [0, 0.1) is 0 Å². The Hall–Kier alpha value is -1.15. The molecule has 3 N–H and O–H groups in total. The van der Waals surface area contributed by atoms with E-state index in [2.05, 4.69) is 0 Å². The fourth-order valence-electron chi connectivity index (χ4n) is 1.20. The zero-order valence-electron chi connectivity index (χ0n) is 12.1. The van der Waals surface area contributed by atoms with Crippen molar-refractivity contribution in [3.8, 4) is 0 Å². The van der Waals surface area contributed by atoms with Crippen LogP contribution in [0.2, 0.25) is 0 Å². The van der Waals surface area contributed by atoms with Crippen LogP contribution in [0.5, 0.6) is 0 Å². The van der Waals surface area contributed by atoms with Crippen molar-refractivity contribution >= 4 is 33.6 Å². The van der Waals surface area contributed by atoms with Crippen LogP contribution in [0.1, 0.15) is 38.5 Å². The molecule has 0 rings (SSSR count). The molecule has 128 valence electrons. The molecule has 0 amide bonds. The molecule has 0 aromatic heterocycles. The molecule has 0 atom stereocenters. The minimum atomic E-state index is -2.57. The zero-order chi connectivity index (χ0) is 16.8. The molecule has 22 heavy (non-hydrogen) atoms. The molecule has 10 heteroatoms. The van der Waals surface area contributed by atoms with Crippen LogP contribution >= 0.6 is 0 Å². The van der Waals surface area contributed by atoms with Crippen molar-refractivity contribution in [1.29, 1.82) is 0 Å². The van der Waals surface area contributed by atoms with Gasteiger partial charge in [-0.15, -0.1) is 0 Å². The monoisotopic (exact) mass is 384 g/mol. The normalized spacial score (nSPS) is 10.8. The third-order valence-corrected chi connectivity index (χ3v) is 4.67. The maximum atomic E-state index is 10.4. The molecule has 0 aromatic rings. The van der Waals surface area contributed by atoms with Gasteiger partial charge in [-0.3, -0.25) is 0 Å². The average molecular weight is 384 g/mol. The zero-order valence-corrected chi connectivity index (χ0v) is 14.0. The van der Waals surface area contributed by atoms with Gasteiger partial charge in [0, 0.05) is 0 Å². The molecular weight excluding hydrogens is 363 g/mol. The quantitative estimate of drug-likeness (QED) is 0.274. The Bertz CT molecular complexity index is 295. The predicted octanol–water partition coefficient (Wildman–Crippen LogP) is 0.615. The van der Waals surface area contributed by atoms with Crippen molar-refractivity contribution in [2.24, 2.45) is 0 Å². The summed E-state index contributed by atoms with van der Waals surface area (Å²) in [4.78, 5) is 31.1. The molecular formula is C12H21AsO9. The van der Waals surface area contributed by atoms with Crippen LogP contribution in [0.4, 0.5) is 0 Å². The molecule has 0 fully saturated rings. The number of rotatable bonds is 15. The summed E-state index contributed by atoms with van der Waals surface area (Å²) < 4.78 is 16.0. The Morgan fingerprint density at radius 3 is 1.14 bits per heavy atom. The van der Waals surface area contributed by atoms with E-state index in [1.165, 1.54) is 0 Å². The van der Waals surface area contributed by atoms with Crippen LogP contribution in [0.15, 0.2) is 0 Å². The molecule has 0 spiro atoms. The molecule has 0 radical (unpaired) electrons. The average Bonchev–Trinajstić information content (AvgIpc) is 2.42. The van der Waals surface area contributed by atoms with Crippen molar-refractivity contribution in [3.63, 3.8) is 0 Å². The number of carboxylic acid groups (broad SMARTS) is 3. The van der Waals surface area contributed by atoms with Gasteiger partial charge in [0.2, 0.25) is 0 Å². The van der Waals surface area contributed by atoms with Crippen LogP contribution in [-0.4, -0.2) is 68.7 Å². The minimum absolute atomic E-state index is 0.0275. The van der Waals surface area contributed by atoms with Crippen molar-refractivity contribution in [3.05, 3.63) is 0 Å². The number of aliphatic carboxylic acids is 3. The molecule has 0 saturated carbocycles. The summed E-state index contributed by atoms with van der Waals surface area (Å²) in [5.41, 5.74) is 0. The van der Waals surface area contributed by atoms with E-state index < -0.39 is 33.6 Å². The fourth-order valence-corrected chi connectivity index (χ4v) is 3.42. The van der Waals surface area contributed by atoms with Gasteiger partial charge in [0.1, 0.15) is 0 Å². The van der Waals surface area contributed by atoms with E-state index >= 15 is 0 Å². The first-order valence-corrected chi connectivity index (χ1v) is 9.06. The molecule has 0 aromatic carbocycles. The molecule has 0 heterocycles. The van der Waals surface area contributed by atoms with Crippen LogP contribution in [0.3, 0.4) is 0 Å². The second-order valence-electron chi connectivity index (χ2n) is 4.22. The van der Waals surface area contributed by atoms with Gasteiger partial charge in [-0.25, -0.2) is 0 Å². The summed E-state index contributed by atoms with van der Waals surface area (Å²) in [5, 5.41) is 25.5. The summed E-state index contributed by atoms with van der Waals surface area (Å²) in [5.74, 6) is -2.77. The molecule has 0 saturated heterocycles. The van der Waals surface area contributed by atoms with Gasteiger partial charge in [-0.2, -0.15) is 0 Å². The summed E-state index contributed by atoms with van der Waals surface area (Å²) in [6.45, 7) is 0.512. The number of hydrogen-bond acceptors (Lipinski definition) is 6. The van der Waals surface area contributed by atoms with Crippen molar-refractivity contribution in [2.75, 3.05) is 19.8 Å². The first kappa shape index (κ1) is 20.8. The van der Waals surface area contributed by atoms with Crippen LogP contribution < -0.4 is 0 Å². The molecule has 0 aliphatic heterocycles. The molecule has 0 bridgehead atoms. The third kappa shape index (κ3) is 15.2. The summed E-state index contributed by atoms with van der Waals surface area (Å²) in [6.07, 6.45) is 0.869. The van der Waals surface area contributed by atoms with E-state index in [1.807, 2.05) is 0 Å². The third-order valence-electron chi connectivity index (χ3n) is 2.20. The van der Waals surface area contributed by atoms with Gasteiger partial charge in [0.15, 0.2) is 0 Å². The first-order chi connectivity index (χ1) is 10.4.